The highest BCUT2D eigenvalue weighted by atomic mass is 16.6. The van der Waals surface area contributed by atoms with Gasteiger partial charge in [-0.3, -0.25) is 20.0 Å². The van der Waals surface area contributed by atoms with E-state index in [1.807, 2.05) is 0 Å². The van der Waals surface area contributed by atoms with E-state index in [1.165, 1.54) is 0 Å². The first-order valence-electron chi connectivity index (χ1n) is 9.83. The van der Waals surface area contributed by atoms with Gasteiger partial charge in [-0.15, -0.1) is 0 Å². The number of ether oxygens (including phenoxy) is 2. The Balaban J connectivity index is 2.17. The summed E-state index contributed by atoms with van der Waals surface area (Å²) in [7, 11) is 0. The topological polar surface area (TPSA) is 143 Å². The third kappa shape index (κ3) is 3.67. The first-order valence-corrected chi connectivity index (χ1v) is 6.33. The molecule has 1 fully saturated rings. The summed E-state index contributed by atoms with van der Waals surface area (Å²) < 4.78 is 61.8. The second-order valence-corrected chi connectivity index (χ2v) is 4.63. The molecular weight excluding hydrogens is 310 g/mol. The number of aliphatic hydroxyl groups excluding tert-OH is 2. The van der Waals surface area contributed by atoms with Crippen LogP contribution in [0.4, 0.5) is 5.82 Å². The summed E-state index contributed by atoms with van der Waals surface area (Å²) in [6.07, 6.45) is -5.30. The number of carbonyl (C=O) groups is 1. The monoisotopic (exact) mass is 336 g/mol. The zero-order valence-corrected chi connectivity index (χ0v) is 11.5. The van der Waals surface area contributed by atoms with Gasteiger partial charge in [0.1, 0.15) is 24.9 Å². The van der Waals surface area contributed by atoms with Gasteiger partial charge in [0.05, 0.1) is 5.89 Å². The maximum absolute atomic E-state index is 12.2. The molecule has 0 amide bonds. The predicted octanol–water partition coefficient (Wildman–Crippen LogP) is -1.14. The number of aromatic nitrogens is 2. The fourth-order valence-electron chi connectivity index (χ4n) is 2.00. The van der Waals surface area contributed by atoms with Crippen molar-refractivity contribution < 1.29 is 39.3 Å². The van der Waals surface area contributed by atoms with Crippen LogP contribution in [0.25, 0.3) is 0 Å². The lowest BCUT2D eigenvalue weighted by molar-refractivity contribution is -0.153. The molecule has 0 unspecified atom stereocenters. The van der Waals surface area contributed by atoms with Crippen molar-refractivity contribution in [2.24, 2.45) is 5.89 Å². The Hall–Kier alpha value is -2.01. The molecule has 0 aliphatic carbocycles. The van der Waals surface area contributed by atoms with Crippen LogP contribution >= 0.6 is 0 Å². The van der Waals surface area contributed by atoms with Gasteiger partial charge in [-0.25, -0.2) is 4.79 Å². The van der Waals surface area contributed by atoms with Crippen LogP contribution in [0.5, 0.6) is 0 Å². The Bertz CT molecular complexity index is 830. The standard InChI is InChI=1S/C13H19N3O7/c1-6(2)12(19)22-5-7-9(17)10(18)11(23-7)16-4-3-8(15-21)14-13(16)20/h3-4,6-7,9-11,17-18,21H,5H2,1-2H3,(H,14,15,20)/t7-,9-,10-,11-/m1/s1/i1D3,2D3,6D. The van der Waals surface area contributed by atoms with E-state index >= 15 is 0 Å². The van der Waals surface area contributed by atoms with E-state index in [4.69, 9.17) is 19.5 Å². The second-order valence-electron chi connectivity index (χ2n) is 4.63. The van der Waals surface area contributed by atoms with Gasteiger partial charge in [0.25, 0.3) is 0 Å². The molecule has 1 aromatic rings. The molecule has 0 radical (unpaired) electrons. The minimum absolute atomic E-state index is 0.198. The normalized spacial score (nSPS) is 33.3. The van der Waals surface area contributed by atoms with Crippen LogP contribution < -0.4 is 11.2 Å². The number of nitrogens with one attached hydrogen (secondary N) is 1. The lowest BCUT2D eigenvalue weighted by atomic mass is 10.1. The Morgan fingerprint density at radius 1 is 1.61 bits per heavy atom. The summed E-state index contributed by atoms with van der Waals surface area (Å²) in [6.45, 7) is -8.00. The van der Waals surface area contributed by atoms with E-state index in [2.05, 4.69) is 9.72 Å². The second kappa shape index (κ2) is 7.04. The van der Waals surface area contributed by atoms with Crippen LogP contribution in [0, 0.1) is 5.89 Å². The van der Waals surface area contributed by atoms with Gasteiger partial charge in [0.2, 0.25) is 0 Å². The summed E-state index contributed by atoms with van der Waals surface area (Å²) >= 11 is 0. The molecule has 23 heavy (non-hydrogen) atoms. The molecule has 4 atom stereocenters. The first-order chi connectivity index (χ1) is 13.6. The third-order valence-corrected chi connectivity index (χ3v) is 3.14. The van der Waals surface area contributed by atoms with Crippen molar-refractivity contribution in [3.63, 3.8) is 0 Å². The number of hydrogen-bond acceptors (Lipinski definition) is 9. The molecule has 1 aromatic heterocycles. The number of anilines is 1. The van der Waals surface area contributed by atoms with Gasteiger partial charge in [0.15, 0.2) is 12.0 Å². The highest BCUT2D eigenvalue weighted by Gasteiger charge is 2.44. The molecule has 1 aliphatic heterocycles. The summed E-state index contributed by atoms with van der Waals surface area (Å²) in [5.74, 6) is -5.68. The van der Waals surface area contributed by atoms with Crippen molar-refractivity contribution in [1.29, 1.82) is 0 Å². The summed E-state index contributed by atoms with van der Waals surface area (Å²) in [4.78, 5) is 27.5. The van der Waals surface area contributed by atoms with E-state index in [0.717, 1.165) is 16.8 Å². The minimum Gasteiger partial charge on any atom is -0.463 e. The largest absolute Gasteiger partial charge is 0.463 e. The molecule has 2 rings (SSSR count). The van der Waals surface area contributed by atoms with E-state index in [0.29, 0.717) is 0 Å². The highest BCUT2D eigenvalue weighted by Crippen LogP contribution is 2.28. The SMILES string of the molecule is [2H]C([2H])([2H])C([2H])(C(=O)OC[C@H]1O[C@@H](n2ccc(NO)nc2=O)[C@H](O)[C@@H]1O)C([2H])([2H])[2H]. The number of hydrogen-bond donors (Lipinski definition) is 4. The molecule has 2 heterocycles. The predicted molar refractivity (Wildman–Crippen MR) is 75.6 cm³/mol. The zero-order valence-electron chi connectivity index (χ0n) is 18.5. The lowest BCUT2D eigenvalue weighted by Gasteiger charge is -2.17. The molecule has 10 nitrogen and oxygen atoms in total. The fourth-order valence-corrected chi connectivity index (χ4v) is 2.00. The lowest BCUT2D eigenvalue weighted by Crippen LogP contribution is -2.36. The number of esters is 1. The number of carbonyl (C=O) groups excluding carboxylic acids is 1. The molecule has 1 saturated heterocycles. The van der Waals surface area contributed by atoms with Gasteiger partial charge in [-0.05, 0) is 6.07 Å². The van der Waals surface area contributed by atoms with Crippen LogP contribution in [-0.2, 0) is 14.3 Å². The Labute approximate surface area is 141 Å². The molecule has 128 valence electrons. The average molecular weight is 336 g/mol. The third-order valence-electron chi connectivity index (χ3n) is 3.14. The molecule has 10 heteroatoms. The smallest absolute Gasteiger partial charge is 0.351 e. The van der Waals surface area contributed by atoms with Gasteiger partial charge in [-0.1, -0.05) is 13.7 Å². The number of rotatable bonds is 5. The van der Waals surface area contributed by atoms with Crippen LogP contribution in [0.3, 0.4) is 0 Å². The van der Waals surface area contributed by atoms with Crippen molar-refractivity contribution in [3.8, 4) is 0 Å². The van der Waals surface area contributed by atoms with E-state index < -0.39 is 62.4 Å². The number of nitrogens with zero attached hydrogens (tertiary/aromatic N) is 2. The van der Waals surface area contributed by atoms with Crippen molar-refractivity contribution in [2.75, 3.05) is 12.1 Å². The quantitative estimate of drug-likeness (QED) is 0.387. The van der Waals surface area contributed by atoms with Crippen LogP contribution in [-0.4, -0.2) is 55.9 Å². The van der Waals surface area contributed by atoms with E-state index in [-0.39, 0.29) is 5.82 Å². The average Bonchev–Trinajstić information content (AvgIpc) is 2.91. The van der Waals surface area contributed by atoms with Gasteiger partial charge in [-0.2, -0.15) is 4.98 Å². The minimum atomic E-state index is -3.59. The van der Waals surface area contributed by atoms with Crippen molar-refractivity contribution >= 4 is 11.8 Å². The van der Waals surface area contributed by atoms with Gasteiger partial charge >= 0.3 is 11.7 Å². The molecular formula is C13H19N3O7. The van der Waals surface area contributed by atoms with Crippen LogP contribution in [0.15, 0.2) is 17.1 Å². The Kier molecular flexibility index (Phi) is 3.06. The summed E-state index contributed by atoms with van der Waals surface area (Å²) in [5.41, 5.74) is 0.667. The highest BCUT2D eigenvalue weighted by molar-refractivity contribution is 5.71. The van der Waals surface area contributed by atoms with Crippen molar-refractivity contribution in [3.05, 3.63) is 22.7 Å². The fraction of sp³-hybridized carbons (Fsp3) is 0.615. The van der Waals surface area contributed by atoms with Gasteiger partial charge < -0.3 is 19.7 Å². The van der Waals surface area contributed by atoms with Crippen molar-refractivity contribution in [1.82, 2.24) is 9.55 Å². The number of aliphatic hydroxyl groups is 2. The van der Waals surface area contributed by atoms with Crippen LogP contribution in [0.1, 0.15) is 29.5 Å². The van der Waals surface area contributed by atoms with Crippen LogP contribution in [0.2, 0.25) is 0 Å². The summed E-state index contributed by atoms with van der Waals surface area (Å²) in [5, 5.41) is 29.0. The molecule has 4 N–H and O–H groups in total. The molecule has 0 saturated carbocycles. The molecule has 1 aliphatic rings. The van der Waals surface area contributed by atoms with Gasteiger partial charge in [0, 0.05) is 15.8 Å². The molecule has 0 spiro atoms. The molecule has 0 bridgehead atoms. The maximum Gasteiger partial charge on any atom is 0.351 e. The van der Waals surface area contributed by atoms with Crippen molar-refractivity contribution in [2.45, 2.75) is 38.2 Å². The Morgan fingerprint density at radius 2 is 2.35 bits per heavy atom. The summed E-state index contributed by atoms with van der Waals surface area (Å²) in [6, 6.07) is 1.15. The zero-order chi connectivity index (χ0) is 23.1. The molecule has 0 aromatic carbocycles. The Morgan fingerprint density at radius 3 is 2.96 bits per heavy atom. The maximum atomic E-state index is 12.2. The van der Waals surface area contributed by atoms with E-state index in [9.17, 15) is 19.8 Å². The first kappa shape index (κ1) is 9.98. The van der Waals surface area contributed by atoms with E-state index in [1.54, 1.807) is 5.48 Å².